The number of aryl methyl sites for hydroxylation is 1. The fraction of sp³-hybridized carbons (Fsp3) is 0.133. The summed E-state index contributed by atoms with van der Waals surface area (Å²) in [6, 6.07) is 26.7. The number of carbonyl (C=O) groups excluding carboxylic acids is 1. The third kappa shape index (κ3) is 5.03. The lowest BCUT2D eigenvalue weighted by molar-refractivity contribution is -0.120. The number of fused-ring (bicyclic) bond motifs is 1. The monoisotopic (exact) mass is 496 g/mol. The first-order chi connectivity index (χ1) is 17.5. The van der Waals surface area contributed by atoms with Gasteiger partial charge in [-0.3, -0.25) is 9.78 Å². The van der Waals surface area contributed by atoms with Gasteiger partial charge in [-0.25, -0.2) is 0 Å². The topological polar surface area (TPSA) is 75.4 Å². The maximum absolute atomic E-state index is 13.2. The van der Waals surface area contributed by atoms with E-state index in [9.17, 15) is 9.90 Å². The van der Waals surface area contributed by atoms with Gasteiger partial charge in [-0.15, -0.1) is 0 Å². The molecule has 2 N–H and O–H groups in total. The second-order valence-electron chi connectivity index (χ2n) is 8.73. The Morgan fingerprint density at radius 1 is 1.03 bits per heavy atom. The molecule has 180 valence electrons. The lowest BCUT2D eigenvalue weighted by Crippen LogP contribution is -2.31. The number of amides is 1. The zero-order valence-electron chi connectivity index (χ0n) is 19.7. The van der Waals surface area contributed by atoms with E-state index in [1.54, 1.807) is 6.20 Å². The van der Waals surface area contributed by atoms with Crippen molar-refractivity contribution in [3.8, 4) is 11.3 Å². The molecule has 2 heterocycles. The fourth-order valence-electron chi connectivity index (χ4n) is 4.47. The molecule has 1 amide bonds. The van der Waals surface area contributed by atoms with E-state index < -0.39 is 0 Å². The van der Waals surface area contributed by atoms with Crippen molar-refractivity contribution in [1.82, 2.24) is 10.3 Å². The molecule has 5 rings (SSSR count). The minimum absolute atomic E-state index is 0.0869. The number of pyridine rings is 1. The number of hydrogen-bond acceptors (Lipinski definition) is 4. The zero-order chi connectivity index (χ0) is 25.1. The standard InChI is InChI=1S/C30H25ClN2O3/c1-19-14-23(31)10-11-24(19)30(21-6-3-2-4-7-21)33-29(35)16-20-9-12-27-22(15-20)17-28(36-27)25-8-5-13-32-26(25)18-34/h2-15,17,30,34H,16,18H2,1H3,(H,33,35). The van der Waals surface area contributed by atoms with Gasteiger partial charge in [0.05, 0.1) is 24.8 Å². The van der Waals surface area contributed by atoms with Crippen LogP contribution in [-0.2, 0) is 17.8 Å². The Hall–Kier alpha value is -3.93. The molecule has 0 fully saturated rings. The molecule has 2 aromatic heterocycles. The Labute approximate surface area is 214 Å². The van der Waals surface area contributed by atoms with Gasteiger partial charge in [0.25, 0.3) is 0 Å². The highest BCUT2D eigenvalue weighted by atomic mass is 35.5. The first kappa shape index (κ1) is 23.8. The van der Waals surface area contributed by atoms with Gasteiger partial charge in [-0.05, 0) is 71.6 Å². The lowest BCUT2D eigenvalue weighted by atomic mass is 9.94. The molecule has 0 bridgehead atoms. The summed E-state index contributed by atoms with van der Waals surface area (Å²) in [5.74, 6) is 0.544. The van der Waals surface area contributed by atoms with Crippen LogP contribution in [-0.4, -0.2) is 16.0 Å². The van der Waals surface area contributed by atoms with Crippen molar-refractivity contribution in [2.75, 3.05) is 0 Å². The molecule has 0 radical (unpaired) electrons. The molecule has 0 aliphatic rings. The van der Waals surface area contributed by atoms with Crippen molar-refractivity contribution in [1.29, 1.82) is 0 Å². The van der Waals surface area contributed by atoms with Gasteiger partial charge in [0.1, 0.15) is 11.3 Å². The average molecular weight is 497 g/mol. The van der Waals surface area contributed by atoms with E-state index >= 15 is 0 Å². The van der Waals surface area contributed by atoms with Gasteiger partial charge in [0.15, 0.2) is 0 Å². The number of aliphatic hydroxyl groups excluding tert-OH is 1. The maximum atomic E-state index is 13.2. The molecule has 1 unspecified atom stereocenters. The van der Waals surface area contributed by atoms with Gasteiger partial charge >= 0.3 is 0 Å². The number of benzene rings is 3. The predicted octanol–water partition coefficient (Wildman–Crippen LogP) is 6.40. The van der Waals surface area contributed by atoms with Crippen LogP contribution < -0.4 is 5.32 Å². The lowest BCUT2D eigenvalue weighted by Gasteiger charge is -2.22. The number of aliphatic hydroxyl groups is 1. The average Bonchev–Trinajstić information content (AvgIpc) is 3.31. The second-order valence-corrected chi connectivity index (χ2v) is 9.16. The molecule has 3 aromatic carbocycles. The van der Waals surface area contributed by atoms with Crippen LogP contribution in [0.25, 0.3) is 22.3 Å². The Bertz CT molecular complexity index is 1530. The largest absolute Gasteiger partial charge is 0.456 e. The van der Waals surface area contributed by atoms with Crippen molar-refractivity contribution in [3.63, 3.8) is 0 Å². The van der Waals surface area contributed by atoms with Crippen molar-refractivity contribution in [3.05, 3.63) is 124 Å². The molecule has 0 aliphatic carbocycles. The minimum Gasteiger partial charge on any atom is -0.456 e. The van der Waals surface area contributed by atoms with E-state index in [1.807, 2.05) is 91.9 Å². The SMILES string of the molecule is Cc1cc(Cl)ccc1C(NC(=O)Cc1ccc2oc(-c3cccnc3CO)cc2c1)c1ccccc1. The molecule has 5 aromatic rings. The van der Waals surface area contributed by atoms with Gasteiger partial charge < -0.3 is 14.8 Å². The third-order valence-electron chi connectivity index (χ3n) is 6.23. The molecule has 0 spiro atoms. The van der Waals surface area contributed by atoms with Crippen LogP contribution in [0.2, 0.25) is 5.02 Å². The molecule has 0 aliphatic heterocycles. The number of rotatable bonds is 7. The molecular formula is C30H25ClN2O3. The number of aromatic nitrogens is 1. The highest BCUT2D eigenvalue weighted by Gasteiger charge is 2.19. The third-order valence-corrected chi connectivity index (χ3v) is 6.47. The number of hydrogen-bond donors (Lipinski definition) is 2. The van der Waals surface area contributed by atoms with E-state index in [0.29, 0.717) is 22.1 Å². The van der Waals surface area contributed by atoms with Crippen LogP contribution >= 0.6 is 11.6 Å². The summed E-state index contributed by atoms with van der Waals surface area (Å²) in [4.78, 5) is 17.4. The molecule has 0 saturated heterocycles. The molecule has 5 nitrogen and oxygen atoms in total. The summed E-state index contributed by atoms with van der Waals surface area (Å²) in [7, 11) is 0. The van der Waals surface area contributed by atoms with Gasteiger partial charge in [0.2, 0.25) is 5.91 Å². The fourth-order valence-corrected chi connectivity index (χ4v) is 4.70. The summed E-state index contributed by atoms with van der Waals surface area (Å²) in [6.45, 7) is 1.83. The first-order valence-electron chi connectivity index (χ1n) is 11.7. The van der Waals surface area contributed by atoms with Crippen molar-refractivity contribution < 1.29 is 14.3 Å². The van der Waals surface area contributed by atoms with Crippen LogP contribution in [0.4, 0.5) is 0 Å². The molecule has 6 heteroatoms. The highest BCUT2D eigenvalue weighted by molar-refractivity contribution is 6.30. The first-order valence-corrected chi connectivity index (χ1v) is 12.1. The smallest absolute Gasteiger partial charge is 0.225 e. The molecule has 36 heavy (non-hydrogen) atoms. The molecule has 0 saturated carbocycles. The quantitative estimate of drug-likeness (QED) is 0.273. The summed E-state index contributed by atoms with van der Waals surface area (Å²) in [5, 5.41) is 14.4. The number of nitrogens with zero attached hydrogens (tertiary/aromatic N) is 1. The van der Waals surface area contributed by atoms with E-state index in [4.69, 9.17) is 16.0 Å². The van der Waals surface area contributed by atoms with Gasteiger partial charge in [-0.2, -0.15) is 0 Å². The van der Waals surface area contributed by atoms with E-state index in [2.05, 4.69) is 10.3 Å². The minimum atomic E-state index is -0.289. The summed E-state index contributed by atoms with van der Waals surface area (Å²) in [6.07, 6.45) is 1.86. The second kappa shape index (κ2) is 10.4. The van der Waals surface area contributed by atoms with Crippen LogP contribution in [0.3, 0.4) is 0 Å². The van der Waals surface area contributed by atoms with E-state index in [0.717, 1.165) is 33.2 Å². The van der Waals surface area contributed by atoms with Crippen LogP contribution in [0, 0.1) is 6.92 Å². The van der Waals surface area contributed by atoms with E-state index in [-0.39, 0.29) is 25.0 Å². The van der Waals surface area contributed by atoms with Crippen LogP contribution in [0.5, 0.6) is 0 Å². The van der Waals surface area contributed by atoms with E-state index in [1.165, 1.54) is 0 Å². The number of nitrogens with one attached hydrogen (secondary N) is 1. The van der Waals surface area contributed by atoms with Crippen molar-refractivity contribution >= 4 is 28.5 Å². The Morgan fingerprint density at radius 2 is 1.86 bits per heavy atom. The number of furan rings is 1. The molecule has 1 atom stereocenters. The number of halogens is 1. The summed E-state index contributed by atoms with van der Waals surface area (Å²) >= 11 is 6.18. The normalized spacial score (nSPS) is 12.0. The Morgan fingerprint density at radius 3 is 2.64 bits per heavy atom. The van der Waals surface area contributed by atoms with Crippen LogP contribution in [0.1, 0.15) is 34.0 Å². The van der Waals surface area contributed by atoms with Gasteiger partial charge in [0, 0.05) is 22.2 Å². The Balaban J connectivity index is 1.39. The maximum Gasteiger partial charge on any atom is 0.225 e. The highest BCUT2D eigenvalue weighted by Crippen LogP contribution is 2.31. The predicted molar refractivity (Wildman–Crippen MR) is 142 cm³/mol. The summed E-state index contributed by atoms with van der Waals surface area (Å²) < 4.78 is 6.00. The van der Waals surface area contributed by atoms with Crippen molar-refractivity contribution in [2.24, 2.45) is 0 Å². The zero-order valence-corrected chi connectivity index (χ0v) is 20.5. The van der Waals surface area contributed by atoms with Gasteiger partial charge in [-0.1, -0.05) is 54.1 Å². The Kier molecular flexibility index (Phi) is 6.85. The van der Waals surface area contributed by atoms with Crippen molar-refractivity contribution in [2.45, 2.75) is 26.0 Å². The summed E-state index contributed by atoms with van der Waals surface area (Å²) in [5.41, 5.74) is 5.91. The number of carbonyl (C=O) groups is 1. The van der Waals surface area contributed by atoms with Crippen LogP contribution in [0.15, 0.2) is 95.5 Å². The molecular weight excluding hydrogens is 472 g/mol.